The van der Waals surface area contributed by atoms with E-state index >= 15 is 0 Å². The molecule has 0 aliphatic carbocycles. The van der Waals surface area contributed by atoms with Gasteiger partial charge in [0, 0.05) is 11.5 Å². The van der Waals surface area contributed by atoms with Gasteiger partial charge in [-0.2, -0.15) is 0 Å². The second kappa shape index (κ2) is 14.6. The lowest BCUT2D eigenvalue weighted by molar-refractivity contribution is 0.0205. The van der Waals surface area contributed by atoms with Crippen LogP contribution in [-0.2, 0) is 14.2 Å². The van der Waals surface area contributed by atoms with Crippen molar-refractivity contribution >= 4 is 103 Å². The Hall–Kier alpha value is 1.64. The van der Waals surface area contributed by atoms with E-state index in [2.05, 4.69) is 6.26 Å². The van der Waals surface area contributed by atoms with Crippen LogP contribution in [0.1, 0.15) is 0 Å². The highest BCUT2D eigenvalue weighted by Crippen LogP contribution is 2.57. The molecule has 0 aromatic rings. The molecule has 0 spiro atoms. The maximum Gasteiger partial charge on any atom is 0.0863 e. The van der Waals surface area contributed by atoms with Crippen LogP contribution in [0.25, 0.3) is 0 Å². The molecule has 3 nitrogen and oxygen atoms in total. The van der Waals surface area contributed by atoms with Gasteiger partial charge < -0.3 is 14.2 Å². The van der Waals surface area contributed by atoms with Crippen LogP contribution in [0.4, 0.5) is 0 Å². The minimum absolute atomic E-state index is 0.597. The van der Waals surface area contributed by atoms with Gasteiger partial charge in [-0.1, -0.05) is 48.0 Å². The molecule has 27 heavy (non-hydrogen) atoms. The monoisotopic (exact) mass is 518 g/mol. The second-order valence-corrected chi connectivity index (χ2v) is 12.7. The lowest BCUT2D eigenvalue weighted by Crippen LogP contribution is -2.11. The summed E-state index contributed by atoms with van der Waals surface area (Å²) in [5.74, 6) is 1.72. The van der Waals surface area contributed by atoms with Crippen LogP contribution in [0.5, 0.6) is 0 Å². The minimum atomic E-state index is 0.597. The van der Waals surface area contributed by atoms with E-state index in [4.69, 9.17) is 38.6 Å². The average Bonchev–Trinajstić information content (AvgIpc) is 3.11. The number of thioether (sulfide) groups is 6. The molecule has 0 unspecified atom stereocenters. The Morgan fingerprint density at radius 2 is 1.48 bits per heavy atom. The van der Waals surface area contributed by atoms with Crippen molar-refractivity contribution in [1.29, 1.82) is 0 Å². The molecule has 2 heterocycles. The average molecular weight is 519 g/mol. The maximum absolute atomic E-state index is 5.70. The summed E-state index contributed by atoms with van der Waals surface area (Å²) in [6.45, 7) is 3.76. The van der Waals surface area contributed by atoms with Gasteiger partial charge in [-0.3, -0.25) is 0 Å². The molecule has 0 aromatic heterocycles. The molecule has 0 fully saturated rings. The van der Waals surface area contributed by atoms with E-state index in [0.717, 1.165) is 19.9 Å². The zero-order valence-electron chi connectivity index (χ0n) is 15.1. The predicted octanol–water partition coefficient (Wildman–Crippen LogP) is 5.72. The molecule has 2 rings (SSSR count). The van der Waals surface area contributed by atoms with Crippen molar-refractivity contribution in [2.75, 3.05) is 63.7 Å². The number of hydrogen-bond acceptors (Lipinski definition) is 11. The third-order valence-corrected chi connectivity index (χ3v) is 11.6. The van der Waals surface area contributed by atoms with Crippen molar-refractivity contribution in [2.45, 2.75) is 0 Å². The Balaban J connectivity index is 2.13. The molecule has 0 radical (unpaired) electrons. The SMILES string of the molecule is CSC(=S)/C1=C2\SC(SC)=C(S2)C(=S)SCCOCCOCCOCCS1. The van der Waals surface area contributed by atoms with Crippen LogP contribution in [0.2, 0.25) is 0 Å². The summed E-state index contributed by atoms with van der Waals surface area (Å²) in [6, 6.07) is 0. The van der Waals surface area contributed by atoms with Crippen LogP contribution >= 0.6 is 95.0 Å². The van der Waals surface area contributed by atoms with Gasteiger partial charge in [0.05, 0.1) is 66.3 Å². The number of rotatable bonds is 2. The lowest BCUT2D eigenvalue weighted by Gasteiger charge is -2.12. The first-order valence-electron chi connectivity index (χ1n) is 8.17. The number of fused-ring (bicyclic) bond motifs is 2. The molecular weight excluding hydrogens is 497 g/mol. The van der Waals surface area contributed by atoms with Crippen molar-refractivity contribution in [3.8, 4) is 0 Å². The van der Waals surface area contributed by atoms with Crippen LogP contribution in [0, 0.1) is 0 Å². The van der Waals surface area contributed by atoms with Crippen LogP contribution < -0.4 is 0 Å². The molecular formula is C16H22O3S8. The Kier molecular flexibility index (Phi) is 13.5. The highest BCUT2D eigenvalue weighted by atomic mass is 32.2. The molecule has 0 N–H and O–H groups in total. The van der Waals surface area contributed by atoms with Crippen molar-refractivity contribution in [2.24, 2.45) is 0 Å². The fraction of sp³-hybridized carbons (Fsp3) is 0.625. The summed E-state index contributed by atoms with van der Waals surface area (Å²) in [5, 5.41) is 0. The summed E-state index contributed by atoms with van der Waals surface area (Å²) < 4.78 is 21.2. The first-order valence-corrected chi connectivity index (χ1v) is 15.0. The minimum Gasteiger partial charge on any atom is -0.378 e. The van der Waals surface area contributed by atoms with E-state index in [9.17, 15) is 0 Å². The predicted molar refractivity (Wildman–Crippen MR) is 139 cm³/mol. The van der Waals surface area contributed by atoms with E-state index in [1.807, 2.05) is 6.26 Å². The standard InChI is InChI=1S/C16H22O3S8/c1-22-13(20)11-16-26-12(15(23-2)27-16)14(21)25-10-8-19-6-4-17-3-5-18-7-9-24-11/h3-10H2,1-2H3/b16-11+. The topological polar surface area (TPSA) is 27.7 Å². The Morgan fingerprint density at radius 1 is 0.889 bits per heavy atom. The van der Waals surface area contributed by atoms with Gasteiger partial charge in [-0.25, -0.2) is 0 Å². The van der Waals surface area contributed by atoms with Gasteiger partial charge in [0.25, 0.3) is 0 Å². The zero-order valence-corrected chi connectivity index (χ0v) is 21.7. The van der Waals surface area contributed by atoms with Gasteiger partial charge >= 0.3 is 0 Å². The van der Waals surface area contributed by atoms with Crippen LogP contribution in [-0.4, -0.2) is 72.1 Å². The largest absolute Gasteiger partial charge is 0.378 e. The van der Waals surface area contributed by atoms with E-state index < -0.39 is 0 Å². The first kappa shape index (κ1) is 24.9. The summed E-state index contributed by atoms with van der Waals surface area (Å²) in [6.07, 6.45) is 4.13. The van der Waals surface area contributed by atoms with Crippen LogP contribution in [0.3, 0.4) is 0 Å². The van der Waals surface area contributed by atoms with Gasteiger partial charge in [-0.05, 0) is 12.5 Å². The van der Waals surface area contributed by atoms with Crippen molar-refractivity contribution in [3.05, 3.63) is 18.3 Å². The molecule has 152 valence electrons. The summed E-state index contributed by atoms with van der Waals surface area (Å²) in [5.41, 5.74) is 0. The molecule has 11 heteroatoms. The summed E-state index contributed by atoms with van der Waals surface area (Å²) in [4.78, 5) is 2.36. The highest BCUT2D eigenvalue weighted by Gasteiger charge is 2.27. The fourth-order valence-electron chi connectivity index (χ4n) is 1.94. The molecule has 2 aliphatic rings. The Bertz CT molecular complexity index is 590. The van der Waals surface area contributed by atoms with Crippen molar-refractivity contribution in [1.82, 2.24) is 0 Å². The van der Waals surface area contributed by atoms with Crippen molar-refractivity contribution in [3.63, 3.8) is 0 Å². The number of thiocarbonyl (C=S) groups is 2. The highest BCUT2D eigenvalue weighted by molar-refractivity contribution is 8.38. The van der Waals surface area contributed by atoms with Crippen molar-refractivity contribution < 1.29 is 14.2 Å². The molecule has 0 aromatic carbocycles. The summed E-state index contributed by atoms with van der Waals surface area (Å²) >= 11 is 21.7. The number of ether oxygens (including phenoxy) is 3. The molecule has 2 aliphatic heterocycles. The molecule has 0 atom stereocenters. The van der Waals surface area contributed by atoms with Gasteiger partial charge in [0.2, 0.25) is 0 Å². The molecule has 0 saturated heterocycles. The third-order valence-electron chi connectivity index (χ3n) is 3.17. The van der Waals surface area contributed by atoms with Gasteiger partial charge in [0.1, 0.15) is 0 Å². The van der Waals surface area contributed by atoms with E-state index in [1.165, 1.54) is 18.3 Å². The van der Waals surface area contributed by atoms with E-state index in [-0.39, 0.29) is 0 Å². The van der Waals surface area contributed by atoms with Gasteiger partial charge in [-0.15, -0.1) is 47.0 Å². The smallest absolute Gasteiger partial charge is 0.0863 e. The Morgan fingerprint density at radius 3 is 2.07 bits per heavy atom. The summed E-state index contributed by atoms with van der Waals surface area (Å²) in [7, 11) is 0. The fourth-order valence-corrected chi connectivity index (χ4v) is 9.51. The molecule has 0 amide bonds. The quantitative estimate of drug-likeness (QED) is 0.420. The first-order chi connectivity index (χ1) is 13.2. The maximum atomic E-state index is 5.70. The Labute approximate surface area is 198 Å². The lowest BCUT2D eigenvalue weighted by atomic mass is 10.7. The van der Waals surface area contributed by atoms with E-state index in [0.29, 0.717) is 39.6 Å². The normalized spacial score (nSPS) is 24.6. The zero-order chi connectivity index (χ0) is 19.5. The molecule has 2 bridgehead atoms. The third kappa shape index (κ3) is 8.72. The van der Waals surface area contributed by atoms with E-state index in [1.54, 1.807) is 70.6 Å². The van der Waals surface area contributed by atoms with Crippen LogP contribution in [0.15, 0.2) is 18.3 Å². The second-order valence-electron chi connectivity index (χ2n) is 4.95. The molecule has 0 saturated carbocycles. The number of hydrogen-bond donors (Lipinski definition) is 0. The van der Waals surface area contributed by atoms with Gasteiger partial charge in [0.15, 0.2) is 0 Å².